The highest BCUT2D eigenvalue weighted by Gasteiger charge is 2.64. The molecule has 2 N–H and O–H groups in total. The van der Waals surface area contributed by atoms with Crippen LogP contribution in [0.1, 0.15) is 71.6 Å². The Morgan fingerprint density at radius 2 is 1.56 bits per heavy atom. The van der Waals surface area contributed by atoms with Crippen molar-refractivity contribution in [2.24, 2.45) is 34.5 Å². The van der Waals surface area contributed by atoms with Crippen LogP contribution in [0.2, 0.25) is 0 Å². The zero-order chi connectivity index (χ0) is 18.1. The molecule has 0 aromatic heterocycles. The summed E-state index contributed by atoms with van der Waals surface area (Å²) in [5.41, 5.74) is -1.65. The molecule has 0 aliphatic heterocycles. The highest BCUT2D eigenvalue weighted by atomic mass is 16.3. The fourth-order valence-electron chi connectivity index (χ4n) is 7.63. The van der Waals surface area contributed by atoms with Gasteiger partial charge in [-0.2, -0.15) is 0 Å². The summed E-state index contributed by atoms with van der Waals surface area (Å²) in [5.74, 6) is 7.85. The fraction of sp³-hybridized carbons (Fsp3) is 0.826. The summed E-state index contributed by atoms with van der Waals surface area (Å²) in [7, 11) is 0. The molecule has 2 nitrogen and oxygen atoms in total. The van der Waals surface area contributed by atoms with Crippen molar-refractivity contribution < 1.29 is 10.2 Å². The summed E-state index contributed by atoms with van der Waals surface area (Å²) < 4.78 is 0. The molecule has 136 valence electrons. The van der Waals surface area contributed by atoms with Crippen LogP contribution in [-0.2, 0) is 0 Å². The fourth-order valence-corrected chi connectivity index (χ4v) is 7.63. The van der Waals surface area contributed by atoms with Gasteiger partial charge in [0.15, 0.2) is 0 Å². The molecule has 0 spiro atoms. The Labute approximate surface area is 152 Å². The van der Waals surface area contributed by atoms with Gasteiger partial charge in [0.25, 0.3) is 0 Å². The van der Waals surface area contributed by atoms with Crippen molar-refractivity contribution in [1.82, 2.24) is 0 Å². The summed E-state index contributed by atoms with van der Waals surface area (Å²) in [6.45, 7) is 4.70. The van der Waals surface area contributed by atoms with Crippen molar-refractivity contribution in [3.05, 3.63) is 0 Å². The average Bonchev–Trinajstić information content (AvgIpc) is 2.88. The van der Waals surface area contributed by atoms with E-state index in [2.05, 4.69) is 25.7 Å². The Hall–Kier alpha value is -0.960. The zero-order valence-electron chi connectivity index (χ0n) is 15.7. The first-order valence-corrected chi connectivity index (χ1v) is 10.1. The number of fused-ring (bicyclic) bond motifs is 5. The molecule has 4 aliphatic carbocycles. The number of aliphatic hydroxyl groups is 2. The molecule has 0 unspecified atom stereocenters. The Bertz CT molecular complexity index is 656. The lowest BCUT2D eigenvalue weighted by Crippen LogP contribution is -2.57. The Morgan fingerprint density at radius 3 is 2.24 bits per heavy atom. The highest BCUT2D eigenvalue weighted by Crippen LogP contribution is 2.68. The second-order valence-corrected chi connectivity index (χ2v) is 10.0. The van der Waals surface area contributed by atoms with Gasteiger partial charge in [-0.25, -0.2) is 0 Å². The Morgan fingerprint density at radius 1 is 0.840 bits per heavy atom. The molecule has 0 aromatic carbocycles. The van der Waals surface area contributed by atoms with E-state index in [1.54, 1.807) is 0 Å². The van der Waals surface area contributed by atoms with E-state index in [1.807, 2.05) is 0 Å². The third kappa shape index (κ3) is 2.14. The first-order valence-electron chi connectivity index (χ1n) is 10.1. The highest BCUT2D eigenvalue weighted by molar-refractivity contribution is 5.24. The topological polar surface area (TPSA) is 40.5 Å². The van der Waals surface area contributed by atoms with E-state index in [4.69, 9.17) is 12.8 Å². The van der Waals surface area contributed by atoms with Crippen molar-refractivity contribution in [3.63, 3.8) is 0 Å². The molecule has 0 radical (unpaired) electrons. The van der Waals surface area contributed by atoms with Crippen LogP contribution in [0.5, 0.6) is 0 Å². The van der Waals surface area contributed by atoms with Gasteiger partial charge in [0.2, 0.25) is 0 Å². The van der Waals surface area contributed by atoms with Gasteiger partial charge >= 0.3 is 0 Å². The number of rotatable bonds is 0. The predicted molar refractivity (Wildman–Crippen MR) is 99.3 cm³/mol. The molecule has 0 heterocycles. The standard InChI is InChI=1S/C23H32O2/c1-5-22(24)14-13-20(3)16(15-22)7-8-17-18(20)9-11-21(4)19(17)10-12-23(21,25)6-2/h1-2,16-19,24-25H,7-15H2,3-4H3/t16-,17+,18-,19-,20-,21-,22+,23+/m0/s1. The van der Waals surface area contributed by atoms with Crippen LogP contribution in [0.4, 0.5) is 0 Å². The van der Waals surface area contributed by atoms with Gasteiger partial charge in [-0.3, -0.25) is 0 Å². The van der Waals surface area contributed by atoms with E-state index in [0.29, 0.717) is 23.7 Å². The summed E-state index contributed by atoms with van der Waals surface area (Å²) >= 11 is 0. The summed E-state index contributed by atoms with van der Waals surface area (Å²) in [4.78, 5) is 0. The minimum atomic E-state index is -0.920. The largest absolute Gasteiger partial charge is 0.378 e. The molecular weight excluding hydrogens is 308 g/mol. The van der Waals surface area contributed by atoms with E-state index in [9.17, 15) is 10.2 Å². The summed E-state index contributed by atoms with van der Waals surface area (Å²) in [6, 6.07) is 0. The minimum absolute atomic E-state index is 0.125. The van der Waals surface area contributed by atoms with Gasteiger partial charge in [-0.1, -0.05) is 25.7 Å². The monoisotopic (exact) mass is 340 g/mol. The number of terminal acetylenes is 2. The van der Waals surface area contributed by atoms with Gasteiger partial charge in [0.1, 0.15) is 11.2 Å². The van der Waals surface area contributed by atoms with Crippen molar-refractivity contribution in [2.45, 2.75) is 82.8 Å². The maximum atomic E-state index is 11.1. The van der Waals surface area contributed by atoms with E-state index >= 15 is 0 Å². The van der Waals surface area contributed by atoms with Crippen LogP contribution in [-0.4, -0.2) is 21.4 Å². The van der Waals surface area contributed by atoms with Crippen LogP contribution in [0.3, 0.4) is 0 Å². The summed E-state index contributed by atoms with van der Waals surface area (Å²) in [6.07, 6.45) is 20.3. The normalized spacial score (nSPS) is 57.5. The second kappa shape index (κ2) is 5.28. The first kappa shape index (κ1) is 17.5. The SMILES string of the molecule is C#C[C@@]1(O)CC[C@@]2(C)[C@@H](CC[C@@H]3[C@@H]2CC[C@@]2(C)[C@H]3CC[C@]2(O)C#C)C1. The third-order valence-corrected chi connectivity index (χ3v) is 9.39. The first-order chi connectivity index (χ1) is 11.7. The average molecular weight is 341 g/mol. The molecule has 4 aliphatic rings. The molecule has 0 amide bonds. The van der Waals surface area contributed by atoms with E-state index in [0.717, 1.165) is 51.4 Å². The maximum Gasteiger partial charge on any atom is 0.130 e. The van der Waals surface area contributed by atoms with Gasteiger partial charge in [-0.05, 0) is 86.9 Å². The summed E-state index contributed by atoms with van der Waals surface area (Å²) in [5, 5.41) is 21.7. The van der Waals surface area contributed by atoms with Crippen LogP contribution >= 0.6 is 0 Å². The van der Waals surface area contributed by atoms with Crippen molar-refractivity contribution in [3.8, 4) is 24.7 Å². The van der Waals surface area contributed by atoms with E-state index in [-0.39, 0.29) is 10.8 Å². The molecule has 4 fully saturated rings. The molecular formula is C23H32O2. The molecule has 4 saturated carbocycles. The minimum Gasteiger partial charge on any atom is -0.378 e. The lowest BCUT2D eigenvalue weighted by Gasteiger charge is -2.62. The predicted octanol–water partition coefficient (Wildman–Crippen LogP) is 3.76. The molecule has 25 heavy (non-hydrogen) atoms. The van der Waals surface area contributed by atoms with E-state index in [1.165, 1.54) is 6.42 Å². The maximum absolute atomic E-state index is 11.1. The van der Waals surface area contributed by atoms with Crippen molar-refractivity contribution in [1.29, 1.82) is 0 Å². The van der Waals surface area contributed by atoms with Gasteiger partial charge in [-0.15, -0.1) is 12.8 Å². The second-order valence-electron chi connectivity index (χ2n) is 10.0. The van der Waals surface area contributed by atoms with Gasteiger partial charge in [0, 0.05) is 5.41 Å². The quantitative estimate of drug-likeness (QED) is 0.659. The smallest absolute Gasteiger partial charge is 0.130 e. The van der Waals surface area contributed by atoms with Crippen LogP contribution in [0.25, 0.3) is 0 Å². The molecule has 2 heteroatoms. The van der Waals surface area contributed by atoms with Crippen molar-refractivity contribution >= 4 is 0 Å². The molecule has 4 rings (SSSR count). The third-order valence-electron chi connectivity index (χ3n) is 9.39. The van der Waals surface area contributed by atoms with Crippen LogP contribution < -0.4 is 0 Å². The van der Waals surface area contributed by atoms with E-state index < -0.39 is 11.2 Å². The lowest BCUT2D eigenvalue weighted by atomic mass is 9.43. The molecule has 0 bridgehead atoms. The molecule has 8 atom stereocenters. The Kier molecular flexibility index (Phi) is 3.69. The van der Waals surface area contributed by atoms with Gasteiger partial charge in [0.05, 0.1) is 0 Å². The molecule has 0 saturated heterocycles. The number of hydrogen-bond acceptors (Lipinski definition) is 2. The molecule has 0 aromatic rings. The van der Waals surface area contributed by atoms with Crippen molar-refractivity contribution in [2.75, 3.05) is 0 Å². The van der Waals surface area contributed by atoms with Crippen LogP contribution in [0.15, 0.2) is 0 Å². The zero-order valence-corrected chi connectivity index (χ0v) is 15.7. The van der Waals surface area contributed by atoms with Gasteiger partial charge < -0.3 is 10.2 Å². The van der Waals surface area contributed by atoms with Crippen LogP contribution in [0, 0.1) is 59.2 Å². The Balaban J connectivity index is 1.63. The number of hydrogen-bond donors (Lipinski definition) is 2. The lowest BCUT2D eigenvalue weighted by molar-refractivity contribution is -0.152.